The molecule has 0 aromatic heterocycles. The van der Waals surface area contributed by atoms with E-state index in [0.29, 0.717) is 5.56 Å². The van der Waals surface area contributed by atoms with Crippen LogP contribution in [0.15, 0.2) is 42.5 Å². The number of carboxylic acids is 2. The van der Waals surface area contributed by atoms with E-state index in [1.54, 1.807) is 0 Å². The first-order chi connectivity index (χ1) is 8.95. The van der Waals surface area contributed by atoms with E-state index in [9.17, 15) is 14.0 Å². The average molecular weight is 264 g/mol. The van der Waals surface area contributed by atoms with E-state index in [1.807, 2.05) is 0 Å². The van der Waals surface area contributed by atoms with Crippen LogP contribution in [-0.2, 0) is 9.59 Å². The normalized spacial score (nSPS) is 12.8. The molecule has 100 valence electrons. The Hall–Kier alpha value is -2.43. The summed E-state index contributed by atoms with van der Waals surface area (Å²) >= 11 is 0. The van der Waals surface area contributed by atoms with Gasteiger partial charge in [0.1, 0.15) is 5.82 Å². The Morgan fingerprint density at radius 1 is 1.26 bits per heavy atom. The monoisotopic (exact) mass is 264 g/mol. The van der Waals surface area contributed by atoms with Gasteiger partial charge in [0.25, 0.3) is 0 Å². The Labute approximate surface area is 109 Å². The molecule has 1 unspecified atom stereocenters. The molecule has 4 nitrogen and oxygen atoms in total. The number of allylic oxidation sites excluding steroid dienone is 1. The fraction of sp³-hybridized carbons (Fsp3) is 0.143. The van der Waals surface area contributed by atoms with E-state index >= 15 is 0 Å². The molecule has 1 atom stereocenters. The first-order valence-electron chi connectivity index (χ1n) is 5.50. The molecular weight excluding hydrogens is 251 g/mol. The third-order valence-electron chi connectivity index (χ3n) is 2.52. The Morgan fingerprint density at radius 2 is 1.84 bits per heavy atom. The van der Waals surface area contributed by atoms with Crippen LogP contribution in [0.25, 0.3) is 6.08 Å². The van der Waals surface area contributed by atoms with Crippen molar-refractivity contribution in [2.45, 2.75) is 6.42 Å². The lowest BCUT2D eigenvalue weighted by Gasteiger charge is -2.11. The highest BCUT2D eigenvalue weighted by atomic mass is 19.1. The number of hydrogen-bond donors (Lipinski definition) is 2. The zero-order valence-corrected chi connectivity index (χ0v) is 10.0. The third-order valence-corrected chi connectivity index (χ3v) is 2.52. The molecule has 0 aliphatic carbocycles. The second-order valence-electron chi connectivity index (χ2n) is 3.87. The van der Waals surface area contributed by atoms with Crippen molar-refractivity contribution in [3.05, 3.63) is 53.9 Å². The van der Waals surface area contributed by atoms with Crippen LogP contribution in [0.1, 0.15) is 12.0 Å². The number of rotatable bonds is 6. The van der Waals surface area contributed by atoms with Gasteiger partial charge in [0.15, 0.2) is 0 Å². The minimum absolute atomic E-state index is 0.00859. The summed E-state index contributed by atoms with van der Waals surface area (Å²) in [5.41, 5.74) is 0.160. The predicted octanol–water partition coefficient (Wildman–Crippen LogP) is 2.57. The predicted molar refractivity (Wildman–Crippen MR) is 68.0 cm³/mol. The number of benzene rings is 1. The standard InChI is InChI=1S/C14H13FO4/c1-2-3-11(13(16)17)12(14(18)19)8-9-4-6-10(15)7-5-9/h2,4-8,11H,1,3H2,(H,16,17)(H,18,19). The lowest BCUT2D eigenvalue weighted by Crippen LogP contribution is -2.20. The van der Waals surface area contributed by atoms with Gasteiger partial charge in [0.2, 0.25) is 0 Å². The Balaban J connectivity index is 3.18. The molecule has 0 bridgehead atoms. The second-order valence-corrected chi connectivity index (χ2v) is 3.87. The van der Waals surface area contributed by atoms with Gasteiger partial charge in [0.05, 0.1) is 11.5 Å². The highest BCUT2D eigenvalue weighted by molar-refractivity contribution is 5.98. The van der Waals surface area contributed by atoms with E-state index in [-0.39, 0.29) is 12.0 Å². The number of carboxylic acid groups (broad SMARTS) is 2. The zero-order chi connectivity index (χ0) is 14.4. The number of halogens is 1. The van der Waals surface area contributed by atoms with Crippen molar-refractivity contribution < 1.29 is 24.2 Å². The van der Waals surface area contributed by atoms with Crippen LogP contribution in [0, 0.1) is 11.7 Å². The maximum absolute atomic E-state index is 12.7. The summed E-state index contributed by atoms with van der Waals surface area (Å²) in [7, 11) is 0. The molecule has 0 spiro atoms. The lowest BCUT2D eigenvalue weighted by atomic mass is 9.93. The van der Waals surface area contributed by atoms with Gasteiger partial charge in [-0.05, 0) is 30.2 Å². The van der Waals surface area contributed by atoms with E-state index in [0.717, 1.165) is 0 Å². The third kappa shape index (κ3) is 4.06. The molecule has 5 heteroatoms. The van der Waals surface area contributed by atoms with E-state index in [1.165, 1.54) is 36.4 Å². The molecule has 0 aliphatic rings. The summed E-state index contributed by atoms with van der Waals surface area (Å²) in [6.45, 7) is 3.41. The topological polar surface area (TPSA) is 74.6 Å². The SMILES string of the molecule is C=CCC(C(=O)O)C(=Cc1ccc(F)cc1)C(=O)O. The molecule has 0 saturated heterocycles. The molecule has 0 saturated carbocycles. The van der Waals surface area contributed by atoms with Crippen LogP contribution in [0.5, 0.6) is 0 Å². The minimum atomic E-state index is -1.32. The van der Waals surface area contributed by atoms with Gasteiger partial charge in [-0.25, -0.2) is 9.18 Å². The molecule has 0 aliphatic heterocycles. The minimum Gasteiger partial charge on any atom is -0.481 e. The summed E-state index contributed by atoms with van der Waals surface area (Å²) in [6, 6.07) is 5.11. The van der Waals surface area contributed by atoms with Crippen molar-refractivity contribution >= 4 is 18.0 Å². The van der Waals surface area contributed by atoms with E-state index < -0.39 is 23.7 Å². The highest BCUT2D eigenvalue weighted by Crippen LogP contribution is 2.20. The molecule has 1 aromatic carbocycles. The van der Waals surface area contributed by atoms with Gasteiger partial charge in [-0.15, -0.1) is 6.58 Å². The number of aliphatic carboxylic acids is 2. The summed E-state index contributed by atoms with van der Waals surface area (Å²) in [5, 5.41) is 18.1. The van der Waals surface area contributed by atoms with Crippen LogP contribution < -0.4 is 0 Å². The first-order valence-corrected chi connectivity index (χ1v) is 5.50. The maximum Gasteiger partial charge on any atom is 0.332 e. The lowest BCUT2D eigenvalue weighted by molar-refractivity contribution is -0.143. The summed E-state index contributed by atoms with van der Waals surface area (Å²) in [6.07, 6.45) is 2.58. The van der Waals surface area contributed by atoms with Crippen LogP contribution in [0.2, 0.25) is 0 Å². The second kappa shape index (κ2) is 6.49. The Kier molecular flexibility index (Phi) is 5.00. The van der Waals surface area contributed by atoms with Crippen molar-refractivity contribution in [3.8, 4) is 0 Å². The average Bonchev–Trinajstić information content (AvgIpc) is 2.35. The maximum atomic E-state index is 12.7. The van der Waals surface area contributed by atoms with Crippen LogP contribution in [0.3, 0.4) is 0 Å². The molecule has 0 heterocycles. The van der Waals surface area contributed by atoms with Gasteiger partial charge >= 0.3 is 11.9 Å². The van der Waals surface area contributed by atoms with Crippen LogP contribution in [-0.4, -0.2) is 22.2 Å². The van der Waals surface area contributed by atoms with Gasteiger partial charge in [-0.2, -0.15) is 0 Å². The highest BCUT2D eigenvalue weighted by Gasteiger charge is 2.26. The Morgan fingerprint density at radius 3 is 2.26 bits per heavy atom. The summed E-state index contributed by atoms with van der Waals surface area (Å²) in [4.78, 5) is 22.2. The van der Waals surface area contributed by atoms with Crippen molar-refractivity contribution in [2.75, 3.05) is 0 Å². The van der Waals surface area contributed by atoms with Crippen molar-refractivity contribution in [2.24, 2.45) is 5.92 Å². The van der Waals surface area contributed by atoms with Gasteiger partial charge in [0, 0.05) is 0 Å². The largest absolute Gasteiger partial charge is 0.481 e. The van der Waals surface area contributed by atoms with Crippen molar-refractivity contribution in [1.82, 2.24) is 0 Å². The first kappa shape index (κ1) is 14.6. The van der Waals surface area contributed by atoms with Crippen LogP contribution in [0.4, 0.5) is 4.39 Å². The molecular formula is C14H13FO4. The molecule has 0 radical (unpaired) electrons. The molecule has 1 aromatic rings. The van der Waals surface area contributed by atoms with Gasteiger partial charge in [-0.1, -0.05) is 18.2 Å². The van der Waals surface area contributed by atoms with E-state index in [2.05, 4.69) is 6.58 Å². The van der Waals surface area contributed by atoms with Gasteiger partial charge < -0.3 is 10.2 Å². The van der Waals surface area contributed by atoms with Crippen molar-refractivity contribution in [1.29, 1.82) is 0 Å². The van der Waals surface area contributed by atoms with E-state index in [4.69, 9.17) is 10.2 Å². The number of hydrogen-bond acceptors (Lipinski definition) is 2. The quantitative estimate of drug-likeness (QED) is 0.611. The number of carbonyl (C=O) groups is 2. The molecule has 0 fully saturated rings. The summed E-state index contributed by atoms with van der Waals surface area (Å²) < 4.78 is 12.7. The van der Waals surface area contributed by atoms with Crippen LogP contribution >= 0.6 is 0 Å². The zero-order valence-electron chi connectivity index (χ0n) is 10.0. The molecule has 0 amide bonds. The van der Waals surface area contributed by atoms with Crippen molar-refractivity contribution in [3.63, 3.8) is 0 Å². The summed E-state index contributed by atoms with van der Waals surface area (Å²) in [5.74, 6) is -4.19. The molecule has 19 heavy (non-hydrogen) atoms. The Bertz CT molecular complexity index is 517. The fourth-order valence-corrected chi connectivity index (χ4v) is 1.58. The molecule has 2 N–H and O–H groups in total. The van der Waals surface area contributed by atoms with Gasteiger partial charge in [-0.3, -0.25) is 4.79 Å². The fourth-order valence-electron chi connectivity index (χ4n) is 1.58. The molecule has 1 rings (SSSR count). The smallest absolute Gasteiger partial charge is 0.332 e.